The molecule has 2 aromatic rings. The lowest BCUT2D eigenvalue weighted by Gasteiger charge is -2.14. The molecule has 3 nitrogen and oxygen atoms in total. The maximum absolute atomic E-state index is 13.8. The van der Waals surface area contributed by atoms with E-state index in [9.17, 15) is 4.39 Å². The number of anilines is 1. The second-order valence-corrected chi connectivity index (χ2v) is 5.17. The molecule has 0 saturated heterocycles. The van der Waals surface area contributed by atoms with Crippen molar-refractivity contribution in [3.8, 4) is 10.4 Å². The van der Waals surface area contributed by atoms with Crippen LogP contribution in [0.5, 0.6) is 0 Å². The van der Waals surface area contributed by atoms with E-state index in [1.54, 1.807) is 18.3 Å². The summed E-state index contributed by atoms with van der Waals surface area (Å²) in [7, 11) is 0. The average molecular weight is 261 g/mol. The van der Waals surface area contributed by atoms with E-state index >= 15 is 0 Å². The van der Waals surface area contributed by atoms with Crippen molar-refractivity contribution in [3.63, 3.8) is 0 Å². The van der Waals surface area contributed by atoms with Crippen molar-refractivity contribution in [2.24, 2.45) is 10.7 Å². The lowest BCUT2D eigenvalue weighted by Crippen LogP contribution is -2.29. The van der Waals surface area contributed by atoms with Gasteiger partial charge in [-0.25, -0.2) is 4.39 Å². The first-order valence-corrected chi connectivity index (χ1v) is 6.42. The summed E-state index contributed by atoms with van der Waals surface area (Å²) in [4.78, 5) is 5.04. The lowest BCUT2D eigenvalue weighted by atomic mass is 10.1. The minimum atomic E-state index is -0.413. The first-order chi connectivity index (χ1) is 8.66. The molecule has 0 radical (unpaired) electrons. The number of nitrogens with one attached hydrogen (secondary N) is 1. The Balaban J connectivity index is 2.16. The quantitative estimate of drug-likeness (QED) is 0.829. The largest absolute Gasteiger partial charge is 0.343 e. The molecule has 1 aliphatic heterocycles. The van der Waals surface area contributed by atoms with Crippen molar-refractivity contribution >= 4 is 22.6 Å². The zero-order valence-electron chi connectivity index (χ0n) is 9.77. The highest BCUT2D eigenvalue weighted by Gasteiger charge is 2.20. The van der Waals surface area contributed by atoms with Gasteiger partial charge >= 0.3 is 0 Å². The van der Waals surface area contributed by atoms with E-state index in [-0.39, 0.29) is 5.82 Å². The van der Waals surface area contributed by atoms with Gasteiger partial charge in [-0.2, -0.15) is 0 Å². The Morgan fingerprint density at radius 1 is 1.39 bits per heavy atom. The van der Waals surface area contributed by atoms with Gasteiger partial charge in [0.2, 0.25) is 0 Å². The van der Waals surface area contributed by atoms with E-state index in [1.807, 2.05) is 13.0 Å². The van der Waals surface area contributed by atoms with Crippen LogP contribution in [0.15, 0.2) is 29.3 Å². The number of thiophene rings is 1. The van der Waals surface area contributed by atoms with Crippen LogP contribution in [0.3, 0.4) is 0 Å². The fourth-order valence-corrected chi connectivity index (χ4v) is 3.26. The molecule has 5 heteroatoms. The number of fused-ring (bicyclic) bond motifs is 1. The van der Waals surface area contributed by atoms with Gasteiger partial charge in [-0.1, -0.05) is 18.2 Å². The molecule has 18 heavy (non-hydrogen) atoms. The van der Waals surface area contributed by atoms with Crippen LogP contribution in [0.1, 0.15) is 11.1 Å². The molecule has 0 fully saturated rings. The first kappa shape index (κ1) is 11.4. The molecule has 1 unspecified atom stereocenters. The minimum Gasteiger partial charge on any atom is -0.343 e. The van der Waals surface area contributed by atoms with Crippen molar-refractivity contribution in [2.75, 3.05) is 5.32 Å². The maximum Gasteiger partial charge on any atom is 0.171 e. The first-order valence-electron chi connectivity index (χ1n) is 5.60. The maximum atomic E-state index is 13.8. The average Bonchev–Trinajstić information content (AvgIpc) is 2.67. The fourth-order valence-electron chi connectivity index (χ4n) is 2.02. The van der Waals surface area contributed by atoms with Crippen molar-refractivity contribution < 1.29 is 4.39 Å². The Labute approximate surface area is 108 Å². The van der Waals surface area contributed by atoms with Crippen LogP contribution in [-0.2, 0) is 0 Å². The van der Waals surface area contributed by atoms with E-state index in [2.05, 4.69) is 10.3 Å². The highest BCUT2D eigenvalue weighted by Crippen LogP contribution is 2.40. The Hall–Kier alpha value is -1.72. The summed E-state index contributed by atoms with van der Waals surface area (Å²) in [6, 6.07) is 6.79. The fraction of sp³-hybridized carbons (Fsp3) is 0.154. The number of benzene rings is 1. The van der Waals surface area contributed by atoms with Crippen LogP contribution in [0.4, 0.5) is 9.39 Å². The molecule has 0 aliphatic carbocycles. The van der Waals surface area contributed by atoms with Gasteiger partial charge in [0.05, 0.1) is 0 Å². The number of nitrogens with two attached hydrogens (primary N) is 1. The second-order valence-electron chi connectivity index (χ2n) is 4.15. The summed E-state index contributed by atoms with van der Waals surface area (Å²) in [5, 5.41) is 4.04. The van der Waals surface area contributed by atoms with Gasteiger partial charge in [-0.15, -0.1) is 11.3 Å². The van der Waals surface area contributed by atoms with Crippen LogP contribution in [0, 0.1) is 12.7 Å². The Morgan fingerprint density at radius 3 is 2.94 bits per heavy atom. The molecule has 1 aromatic carbocycles. The molecule has 1 aromatic heterocycles. The molecule has 0 saturated carbocycles. The summed E-state index contributed by atoms with van der Waals surface area (Å²) in [5.74, 6) is -0.208. The van der Waals surface area contributed by atoms with Crippen LogP contribution in [0.25, 0.3) is 10.4 Å². The highest BCUT2D eigenvalue weighted by atomic mass is 32.1. The van der Waals surface area contributed by atoms with Gasteiger partial charge < -0.3 is 5.32 Å². The van der Waals surface area contributed by atoms with Crippen LogP contribution in [-0.4, -0.2) is 12.5 Å². The highest BCUT2D eigenvalue weighted by molar-refractivity contribution is 7.20. The third-order valence-electron chi connectivity index (χ3n) is 2.96. The van der Waals surface area contributed by atoms with E-state index in [1.165, 1.54) is 17.4 Å². The third-order valence-corrected chi connectivity index (χ3v) is 4.23. The van der Waals surface area contributed by atoms with E-state index in [0.29, 0.717) is 5.56 Å². The lowest BCUT2D eigenvalue weighted by molar-refractivity contribution is 0.631. The number of nitrogens with zero attached hydrogens (tertiary/aromatic N) is 1. The van der Waals surface area contributed by atoms with Gasteiger partial charge in [0.15, 0.2) is 6.29 Å². The number of aliphatic imine (C=N–C) groups is 1. The third kappa shape index (κ3) is 1.72. The topological polar surface area (TPSA) is 50.4 Å². The second kappa shape index (κ2) is 4.19. The zero-order valence-corrected chi connectivity index (χ0v) is 10.6. The summed E-state index contributed by atoms with van der Waals surface area (Å²) < 4.78 is 13.8. The molecule has 0 bridgehead atoms. The molecule has 2 heterocycles. The van der Waals surface area contributed by atoms with Crippen LogP contribution < -0.4 is 11.1 Å². The summed E-state index contributed by atoms with van der Waals surface area (Å²) in [5.41, 5.74) is 8.36. The van der Waals surface area contributed by atoms with E-state index in [4.69, 9.17) is 5.73 Å². The van der Waals surface area contributed by atoms with Crippen LogP contribution >= 0.6 is 11.3 Å². The molecule has 3 rings (SSSR count). The standard InChI is InChI=1S/C13H12FN3S/c1-7-9-6-16-13(15)17-12(9)18-11(7)8-4-2-3-5-10(8)14/h2-6,13,17H,15H2,1H3. The van der Waals surface area contributed by atoms with Crippen molar-refractivity contribution in [3.05, 3.63) is 41.2 Å². The van der Waals surface area contributed by atoms with Crippen molar-refractivity contribution in [1.29, 1.82) is 0 Å². The van der Waals surface area contributed by atoms with Crippen molar-refractivity contribution in [2.45, 2.75) is 13.2 Å². The van der Waals surface area contributed by atoms with E-state index < -0.39 is 6.29 Å². The van der Waals surface area contributed by atoms with Crippen molar-refractivity contribution in [1.82, 2.24) is 0 Å². The smallest absolute Gasteiger partial charge is 0.171 e. The summed E-state index contributed by atoms with van der Waals surface area (Å²) in [6.45, 7) is 1.97. The molecule has 1 atom stereocenters. The monoisotopic (exact) mass is 261 g/mol. The number of hydrogen-bond acceptors (Lipinski definition) is 4. The predicted molar refractivity (Wildman–Crippen MR) is 73.6 cm³/mol. The molecule has 92 valence electrons. The molecule has 0 amide bonds. The Morgan fingerprint density at radius 2 is 2.17 bits per heavy atom. The van der Waals surface area contributed by atoms with E-state index in [0.717, 1.165) is 21.0 Å². The van der Waals surface area contributed by atoms with Gasteiger partial charge in [0, 0.05) is 22.2 Å². The Kier molecular flexibility index (Phi) is 2.65. The van der Waals surface area contributed by atoms with Gasteiger partial charge in [0.1, 0.15) is 10.8 Å². The Bertz CT molecular complexity index is 633. The van der Waals surface area contributed by atoms with Gasteiger partial charge in [-0.3, -0.25) is 10.7 Å². The van der Waals surface area contributed by atoms with Gasteiger partial charge in [-0.05, 0) is 18.6 Å². The predicted octanol–water partition coefficient (Wildman–Crippen LogP) is 2.95. The zero-order chi connectivity index (χ0) is 12.7. The molecule has 3 N–H and O–H groups in total. The number of hydrogen-bond donors (Lipinski definition) is 2. The molecule has 1 aliphatic rings. The molecule has 0 spiro atoms. The molecular weight excluding hydrogens is 249 g/mol. The van der Waals surface area contributed by atoms with Gasteiger partial charge in [0.25, 0.3) is 0 Å². The molecular formula is C13H12FN3S. The SMILES string of the molecule is Cc1c(-c2ccccc2F)sc2c1C=NC(N)N2. The minimum absolute atomic E-state index is 0.208. The summed E-state index contributed by atoms with van der Waals surface area (Å²) >= 11 is 1.51. The summed E-state index contributed by atoms with van der Waals surface area (Å²) in [6.07, 6.45) is 1.34. The number of rotatable bonds is 1. The van der Waals surface area contributed by atoms with Crippen LogP contribution in [0.2, 0.25) is 0 Å². The number of halogens is 1. The normalized spacial score (nSPS) is 17.4.